The van der Waals surface area contributed by atoms with Crippen molar-refractivity contribution in [3.63, 3.8) is 0 Å². The molecule has 0 saturated heterocycles. The van der Waals surface area contributed by atoms with Gasteiger partial charge >= 0.3 is 0 Å². The zero-order valence-corrected chi connectivity index (χ0v) is 16.3. The number of H-pyrrole nitrogens is 1. The van der Waals surface area contributed by atoms with Crippen LogP contribution in [-0.4, -0.2) is 26.6 Å². The molecule has 1 aromatic carbocycles. The Balaban J connectivity index is 1.55. The van der Waals surface area contributed by atoms with Crippen molar-refractivity contribution in [2.75, 3.05) is 5.32 Å². The standard InChI is InChI=1S/C21H21N5O3/c1-21(2,13-8-5-4-6-9-13)23-20(28)16-12-14-17(29-16)18(25-24-14)22-19(27)15-10-7-11-26(15)3/h4-12H,1-3H3,(H,23,28)(H2,22,24,25,27). The minimum Gasteiger partial charge on any atom is -0.445 e. The first-order chi connectivity index (χ1) is 13.8. The quantitative estimate of drug-likeness (QED) is 0.485. The molecule has 8 heteroatoms. The molecule has 0 fully saturated rings. The van der Waals surface area contributed by atoms with E-state index < -0.39 is 5.54 Å². The van der Waals surface area contributed by atoms with Crippen LogP contribution in [0, 0.1) is 0 Å². The summed E-state index contributed by atoms with van der Waals surface area (Å²) in [6.45, 7) is 3.84. The molecular weight excluding hydrogens is 370 g/mol. The SMILES string of the molecule is Cn1cccc1C(=O)Nc1n[nH]c2cc(C(=O)NC(C)(C)c3ccccc3)oc12. The molecule has 0 unspecified atom stereocenters. The second-order valence-corrected chi connectivity index (χ2v) is 7.33. The van der Waals surface area contributed by atoms with Gasteiger partial charge in [-0.2, -0.15) is 5.10 Å². The summed E-state index contributed by atoms with van der Waals surface area (Å²) in [5, 5.41) is 12.5. The van der Waals surface area contributed by atoms with Crippen LogP contribution >= 0.6 is 0 Å². The first-order valence-electron chi connectivity index (χ1n) is 9.14. The molecule has 4 rings (SSSR count). The third kappa shape index (κ3) is 3.52. The van der Waals surface area contributed by atoms with Crippen molar-refractivity contribution in [2.24, 2.45) is 7.05 Å². The predicted octanol–water partition coefficient (Wildman–Crippen LogP) is 3.41. The van der Waals surface area contributed by atoms with Crippen LogP contribution in [0.1, 0.15) is 40.5 Å². The number of rotatable bonds is 5. The molecule has 0 aliphatic rings. The van der Waals surface area contributed by atoms with E-state index in [9.17, 15) is 9.59 Å². The lowest BCUT2D eigenvalue weighted by atomic mass is 9.94. The predicted molar refractivity (Wildman–Crippen MR) is 109 cm³/mol. The zero-order chi connectivity index (χ0) is 20.6. The number of amides is 2. The van der Waals surface area contributed by atoms with Gasteiger partial charge < -0.3 is 19.6 Å². The Morgan fingerprint density at radius 3 is 2.55 bits per heavy atom. The second-order valence-electron chi connectivity index (χ2n) is 7.33. The molecule has 29 heavy (non-hydrogen) atoms. The second kappa shape index (κ2) is 6.97. The molecule has 0 aliphatic carbocycles. The molecule has 148 valence electrons. The van der Waals surface area contributed by atoms with Gasteiger partial charge in [0.1, 0.15) is 11.2 Å². The molecule has 0 atom stereocenters. The third-order valence-corrected chi connectivity index (χ3v) is 4.79. The minimum atomic E-state index is -0.583. The molecule has 3 aromatic heterocycles. The van der Waals surface area contributed by atoms with Crippen LogP contribution in [0.25, 0.3) is 11.1 Å². The van der Waals surface area contributed by atoms with Crippen molar-refractivity contribution < 1.29 is 14.0 Å². The van der Waals surface area contributed by atoms with Gasteiger partial charge in [0.15, 0.2) is 17.2 Å². The maximum atomic E-state index is 12.7. The van der Waals surface area contributed by atoms with E-state index in [4.69, 9.17) is 4.42 Å². The summed E-state index contributed by atoms with van der Waals surface area (Å²) in [6.07, 6.45) is 1.78. The first kappa shape index (κ1) is 18.5. The molecule has 4 aromatic rings. The molecule has 3 heterocycles. The monoisotopic (exact) mass is 391 g/mol. The van der Waals surface area contributed by atoms with Gasteiger partial charge in [0.2, 0.25) is 0 Å². The molecule has 0 radical (unpaired) electrons. The van der Waals surface area contributed by atoms with Gasteiger partial charge in [-0.05, 0) is 31.5 Å². The summed E-state index contributed by atoms with van der Waals surface area (Å²) in [4.78, 5) is 25.2. The Morgan fingerprint density at radius 2 is 1.86 bits per heavy atom. The van der Waals surface area contributed by atoms with Gasteiger partial charge in [-0.1, -0.05) is 30.3 Å². The summed E-state index contributed by atoms with van der Waals surface area (Å²) in [7, 11) is 1.78. The molecule has 0 spiro atoms. The highest BCUT2D eigenvalue weighted by molar-refractivity contribution is 6.06. The average molecular weight is 391 g/mol. The first-order valence-corrected chi connectivity index (χ1v) is 9.14. The fourth-order valence-corrected chi connectivity index (χ4v) is 3.15. The van der Waals surface area contributed by atoms with Crippen molar-refractivity contribution in [3.05, 3.63) is 71.7 Å². The van der Waals surface area contributed by atoms with E-state index in [0.29, 0.717) is 16.8 Å². The van der Waals surface area contributed by atoms with Gasteiger partial charge in [0.05, 0.1) is 5.54 Å². The van der Waals surface area contributed by atoms with Crippen LogP contribution in [-0.2, 0) is 12.6 Å². The number of aromatic amines is 1. The van der Waals surface area contributed by atoms with Gasteiger partial charge in [-0.25, -0.2) is 0 Å². The Hall–Kier alpha value is -3.81. The Morgan fingerprint density at radius 1 is 1.10 bits per heavy atom. The number of hydrogen-bond acceptors (Lipinski definition) is 4. The van der Waals surface area contributed by atoms with Gasteiger partial charge in [0, 0.05) is 19.3 Å². The Kier molecular flexibility index (Phi) is 4.46. The summed E-state index contributed by atoms with van der Waals surface area (Å²) in [5.74, 6) is -0.318. The number of carbonyl (C=O) groups is 2. The van der Waals surface area contributed by atoms with Crippen LogP contribution in [0.15, 0.2) is 59.1 Å². The fourth-order valence-electron chi connectivity index (χ4n) is 3.15. The molecular formula is C21H21N5O3. The number of furan rings is 1. The smallest absolute Gasteiger partial charge is 0.287 e. The largest absolute Gasteiger partial charge is 0.445 e. The normalized spacial score (nSPS) is 11.6. The van der Waals surface area contributed by atoms with E-state index in [2.05, 4.69) is 20.8 Å². The number of aromatic nitrogens is 3. The van der Waals surface area contributed by atoms with Gasteiger partial charge in [-0.15, -0.1) is 0 Å². The topological polar surface area (TPSA) is 105 Å². The van der Waals surface area contributed by atoms with Crippen molar-refractivity contribution in [1.29, 1.82) is 0 Å². The van der Waals surface area contributed by atoms with Gasteiger partial charge in [0.25, 0.3) is 11.8 Å². The zero-order valence-electron chi connectivity index (χ0n) is 16.3. The number of benzene rings is 1. The molecule has 0 saturated carbocycles. The molecule has 0 bridgehead atoms. The van der Waals surface area contributed by atoms with Crippen LogP contribution in [0.5, 0.6) is 0 Å². The van der Waals surface area contributed by atoms with Crippen LogP contribution in [0.3, 0.4) is 0 Å². The van der Waals surface area contributed by atoms with E-state index in [0.717, 1.165) is 5.56 Å². The van der Waals surface area contributed by atoms with Crippen molar-refractivity contribution in [2.45, 2.75) is 19.4 Å². The van der Waals surface area contributed by atoms with Gasteiger partial charge in [-0.3, -0.25) is 14.7 Å². The van der Waals surface area contributed by atoms with Crippen LogP contribution in [0.2, 0.25) is 0 Å². The summed E-state index contributed by atoms with van der Waals surface area (Å²) >= 11 is 0. The number of aryl methyl sites for hydroxylation is 1. The van der Waals surface area contributed by atoms with E-state index in [1.807, 2.05) is 44.2 Å². The summed E-state index contributed by atoms with van der Waals surface area (Å²) < 4.78 is 7.40. The number of carbonyl (C=O) groups excluding carboxylic acids is 2. The average Bonchev–Trinajstić information content (AvgIpc) is 3.39. The van der Waals surface area contributed by atoms with Crippen molar-refractivity contribution >= 4 is 28.7 Å². The fraction of sp³-hybridized carbons (Fsp3) is 0.190. The van der Waals surface area contributed by atoms with E-state index in [1.54, 1.807) is 36.0 Å². The molecule has 0 aliphatic heterocycles. The van der Waals surface area contributed by atoms with Crippen LogP contribution < -0.4 is 10.6 Å². The Labute approximate surface area is 166 Å². The van der Waals surface area contributed by atoms with Crippen molar-refractivity contribution in [3.8, 4) is 0 Å². The van der Waals surface area contributed by atoms with Crippen LogP contribution in [0.4, 0.5) is 5.82 Å². The highest BCUT2D eigenvalue weighted by atomic mass is 16.3. The number of nitrogens with zero attached hydrogens (tertiary/aromatic N) is 2. The number of fused-ring (bicyclic) bond motifs is 1. The lowest BCUT2D eigenvalue weighted by Crippen LogP contribution is -2.40. The maximum Gasteiger partial charge on any atom is 0.287 e. The summed E-state index contributed by atoms with van der Waals surface area (Å²) in [5.41, 5.74) is 1.71. The van der Waals surface area contributed by atoms with E-state index >= 15 is 0 Å². The maximum absolute atomic E-state index is 12.7. The number of hydrogen-bond donors (Lipinski definition) is 3. The molecule has 8 nitrogen and oxygen atoms in total. The highest BCUT2D eigenvalue weighted by Crippen LogP contribution is 2.26. The minimum absolute atomic E-state index is 0.132. The molecule has 3 N–H and O–H groups in total. The highest BCUT2D eigenvalue weighted by Gasteiger charge is 2.26. The number of nitrogens with one attached hydrogen (secondary N) is 3. The molecule has 2 amide bonds. The van der Waals surface area contributed by atoms with E-state index in [1.165, 1.54) is 0 Å². The summed E-state index contributed by atoms with van der Waals surface area (Å²) in [6, 6.07) is 14.7. The Bertz CT molecular complexity index is 1180. The van der Waals surface area contributed by atoms with E-state index in [-0.39, 0.29) is 23.4 Å². The lowest BCUT2D eigenvalue weighted by Gasteiger charge is -2.26. The number of anilines is 1. The lowest BCUT2D eigenvalue weighted by molar-refractivity contribution is 0.0885. The van der Waals surface area contributed by atoms with Crippen molar-refractivity contribution in [1.82, 2.24) is 20.1 Å². The third-order valence-electron chi connectivity index (χ3n) is 4.79.